The third-order valence-electron chi connectivity index (χ3n) is 3.28. The lowest BCUT2D eigenvalue weighted by Crippen LogP contribution is -2.25. The zero-order valence-electron chi connectivity index (χ0n) is 12.4. The summed E-state index contributed by atoms with van der Waals surface area (Å²) in [7, 11) is -4.09. The minimum absolute atomic E-state index is 0.0397. The van der Waals surface area contributed by atoms with Crippen molar-refractivity contribution in [3.05, 3.63) is 41.5 Å². The summed E-state index contributed by atoms with van der Waals surface area (Å²) in [6, 6.07) is 2.89. The van der Waals surface area contributed by atoms with Crippen LogP contribution in [0.5, 0.6) is 0 Å². The maximum atomic E-state index is 12.9. The Morgan fingerprint density at radius 1 is 1.30 bits per heavy atom. The zero-order valence-corrected chi connectivity index (χ0v) is 13.2. The summed E-state index contributed by atoms with van der Waals surface area (Å²) in [5, 5.41) is 7.41. The highest BCUT2D eigenvalue weighted by Gasteiger charge is 2.33. The van der Waals surface area contributed by atoms with E-state index in [9.17, 15) is 21.6 Å². The third-order valence-corrected chi connectivity index (χ3v) is 4.68. The molecular formula is C13H15F3N4O2S. The molecule has 10 heteroatoms. The first-order valence-electron chi connectivity index (χ1n) is 6.69. The van der Waals surface area contributed by atoms with Crippen molar-refractivity contribution in [2.24, 2.45) is 0 Å². The zero-order chi connectivity index (χ0) is 17.3. The van der Waals surface area contributed by atoms with E-state index in [4.69, 9.17) is 0 Å². The van der Waals surface area contributed by atoms with Gasteiger partial charge in [0.1, 0.15) is 12.2 Å². The normalized spacial score (nSPS) is 12.6. The molecule has 1 N–H and O–H groups in total. The minimum Gasteiger partial charge on any atom is -0.317 e. The topological polar surface area (TPSA) is 76.9 Å². The van der Waals surface area contributed by atoms with Gasteiger partial charge in [0.15, 0.2) is 0 Å². The van der Waals surface area contributed by atoms with E-state index >= 15 is 0 Å². The Kier molecular flexibility index (Phi) is 4.76. The first kappa shape index (κ1) is 17.4. The van der Waals surface area contributed by atoms with Crippen LogP contribution >= 0.6 is 0 Å². The molecule has 0 saturated carbocycles. The van der Waals surface area contributed by atoms with Gasteiger partial charge in [0.25, 0.3) is 0 Å². The van der Waals surface area contributed by atoms with Crippen molar-refractivity contribution in [2.75, 3.05) is 0 Å². The summed E-state index contributed by atoms with van der Waals surface area (Å²) in [5.74, 6) is 0.374. The van der Waals surface area contributed by atoms with Crippen molar-refractivity contribution >= 4 is 10.0 Å². The summed E-state index contributed by atoms with van der Waals surface area (Å²) < 4.78 is 66.9. The Balaban J connectivity index is 2.26. The number of alkyl halides is 3. The molecule has 1 aromatic carbocycles. The van der Waals surface area contributed by atoms with Crippen LogP contribution in [-0.2, 0) is 29.3 Å². The van der Waals surface area contributed by atoms with Crippen LogP contribution in [0.3, 0.4) is 0 Å². The molecule has 0 radical (unpaired) electrons. The molecule has 2 rings (SSSR count). The highest BCUT2D eigenvalue weighted by molar-refractivity contribution is 7.89. The molecule has 0 fully saturated rings. The van der Waals surface area contributed by atoms with Gasteiger partial charge in [-0.25, -0.2) is 13.1 Å². The van der Waals surface area contributed by atoms with Gasteiger partial charge in [-0.2, -0.15) is 13.2 Å². The lowest BCUT2D eigenvalue weighted by Gasteiger charge is -2.13. The van der Waals surface area contributed by atoms with Crippen LogP contribution in [0.2, 0.25) is 0 Å². The second-order valence-corrected chi connectivity index (χ2v) is 6.60. The minimum atomic E-state index is -4.61. The second-order valence-electron chi connectivity index (χ2n) is 4.83. The van der Waals surface area contributed by atoms with Gasteiger partial charge < -0.3 is 4.57 Å². The van der Waals surface area contributed by atoms with Gasteiger partial charge in [-0.1, -0.05) is 6.07 Å². The van der Waals surface area contributed by atoms with Crippen LogP contribution in [0.4, 0.5) is 13.2 Å². The van der Waals surface area contributed by atoms with Gasteiger partial charge in [0.05, 0.1) is 17.0 Å². The van der Waals surface area contributed by atoms with Gasteiger partial charge in [0.2, 0.25) is 10.0 Å². The predicted octanol–water partition coefficient (Wildman–Crippen LogP) is 2.10. The van der Waals surface area contributed by atoms with Gasteiger partial charge >= 0.3 is 6.18 Å². The standard InChI is InChI=1S/C13H15F3N4O2S/c1-3-20-8-17-19-12(20)7-18-23(21,22)10-5-4-9(2)11(6-10)13(14,15)16/h4-6,8,18H,3,7H2,1-2H3. The van der Waals surface area contributed by atoms with Crippen LogP contribution < -0.4 is 4.72 Å². The van der Waals surface area contributed by atoms with E-state index < -0.39 is 26.7 Å². The monoisotopic (exact) mass is 348 g/mol. The fourth-order valence-corrected chi connectivity index (χ4v) is 3.00. The highest BCUT2D eigenvalue weighted by atomic mass is 32.2. The molecule has 1 heterocycles. The Hall–Kier alpha value is -1.94. The number of hydrogen-bond donors (Lipinski definition) is 1. The van der Waals surface area contributed by atoms with Crippen LogP contribution in [0.1, 0.15) is 23.9 Å². The maximum Gasteiger partial charge on any atom is 0.416 e. The van der Waals surface area contributed by atoms with E-state index in [0.717, 1.165) is 12.1 Å². The average Bonchev–Trinajstić information content (AvgIpc) is 2.91. The molecule has 0 amide bonds. The van der Waals surface area contributed by atoms with Crippen LogP contribution in [0.15, 0.2) is 29.4 Å². The number of rotatable bonds is 5. The van der Waals surface area contributed by atoms with E-state index in [0.29, 0.717) is 18.4 Å². The fourth-order valence-electron chi connectivity index (χ4n) is 2.00. The molecule has 126 valence electrons. The molecular weight excluding hydrogens is 333 g/mol. The molecule has 0 aliphatic heterocycles. The van der Waals surface area contributed by atoms with E-state index in [-0.39, 0.29) is 12.1 Å². The van der Waals surface area contributed by atoms with E-state index in [1.165, 1.54) is 13.3 Å². The molecule has 0 atom stereocenters. The van der Waals surface area contributed by atoms with Gasteiger partial charge in [-0.05, 0) is 31.5 Å². The maximum absolute atomic E-state index is 12.9. The smallest absolute Gasteiger partial charge is 0.317 e. The number of sulfonamides is 1. The predicted molar refractivity (Wildman–Crippen MR) is 75.9 cm³/mol. The molecule has 6 nitrogen and oxygen atoms in total. The fraction of sp³-hybridized carbons (Fsp3) is 0.385. The molecule has 0 aliphatic rings. The Bertz CT molecular complexity index is 800. The van der Waals surface area contributed by atoms with Crippen LogP contribution in [0, 0.1) is 6.92 Å². The molecule has 0 bridgehead atoms. The van der Waals surface area contributed by atoms with E-state index in [2.05, 4.69) is 14.9 Å². The number of hydrogen-bond acceptors (Lipinski definition) is 4. The Morgan fingerprint density at radius 2 is 2.00 bits per heavy atom. The molecule has 0 unspecified atom stereocenters. The third kappa shape index (κ3) is 3.88. The van der Waals surface area contributed by atoms with Crippen LogP contribution in [0.25, 0.3) is 0 Å². The van der Waals surface area contributed by atoms with Crippen molar-refractivity contribution < 1.29 is 21.6 Å². The number of halogens is 3. The quantitative estimate of drug-likeness (QED) is 0.898. The summed E-state index contributed by atoms with van der Waals surface area (Å²) in [6.45, 7) is 3.49. The van der Waals surface area contributed by atoms with Crippen molar-refractivity contribution in [2.45, 2.75) is 38.0 Å². The molecule has 1 aromatic heterocycles. The van der Waals surface area contributed by atoms with Gasteiger partial charge in [0, 0.05) is 6.54 Å². The molecule has 0 saturated heterocycles. The lowest BCUT2D eigenvalue weighted by molar-refractivity contribution is -0.138. The number of nitrogens with zero attached hydrogens (tertiary/aromatic N) is 3. The molecule has 0 aliphatic carbocycles. The Morgan fingerprint density at radius 3 is 2.61 bits per heavy atom. The Labute approximate surface area is 131 Å². The van der Waals surface area contributed by atoms with Crippen LogP contribution in [-0.4, -0.2) is 23.2 Å². The highest BCUT2D eigenvalue weighted by Crippen LogP contribution is 2.33. The van der Waals surface area contributed by atoms with Crippen molar-refractivity contribution in [1.82, 2.24) is 19.5 Å². The van der Waals surface area contributed by atoms with Crippen molar-refractivity contribution in [1.29, 1.82) is 0 Å². The van der Waals surface area contributed by atoms with E-state index in [1.807, 2.05) is 6.92 Å². The van der Waals surface area contributed by atoms with Crippen molar-refractivity contribution in [3.63, 3.8) is 0 Å². The SMILES string of the molecule is CCn1cnnc1CNS(=O)(=O)c1ccc(C)c(C(F)(F)F)c1. The van der Waals surface area contributed by atoms with Crippen molar-refractivity contribution in [3.8, 4) is 0 Å². The van der Waals surface area contributed by atoms with E-state index in [1.54, 1.807) is 4.57 Å². The largest absolute Gasteiger partial charge is 0.416 e. The molecule has 2 aromatic rings. The first-order valence-corrected chi connectivity index (χ1v) is 8.17. The summed E-state index contributed by atoms with van der Waals surface area (Å²) in [5.41, 5.74) is -1.01. The number of aromatic nitrogens is 3. The average molecular weight is 348 g/mol. The molecule has 0 spiro atoms. The second kappa shape index (κ2) is 6.28. The van der Waals surface area contributed by atoms with Gasteiger partial charge in [-0.15, -0.1) is 10.2 Å². The molecule has 23 heavy (non-hydrogen) atoms. The lowest BCUT2D eigenvalue weighted by atomic mass is 10.1. The summed E-state index contributed by atoms with van der Waals surface area (Å²) in [6.07, 6.45) is -3.17. The summed E-state index contributed by atoms with van der Waals surface area (Å²) in [4.78, 5) is -0.446. The first-order chi connectivity index (χ1) is 10.6. The number of benzene rings is 1. The number of nitrogens with one attached hydrogen (secondary N) is 1. The number of aryl methyl sites for hydroxylation is 2. The summed E-state index contributed by atoms with van der Waals surface area (Å²) >= 11 is 0. The van der Waals surface area contributed by atoms with Gasteiger partial charge in [-0.3, -0.25) is 0 Å².